The van der Waals surface area contributed by atoms with Gasteiger partial charge in [-0.25, -0.2) is 0 Å². The van der Waals surface area contributed by atoms with Crippen LogP contribution in [0.1, 0.15) is 41.4 Å². The van der Waals surface area contributed by atoms with Crippen molar-refractivity contribution in [2.45, 2.75) is 33.6 Å². The van der Waals surface area contributed by atoms with E-state index in [0.29, 0.717) is 37.2 Å². The molecule has 2 heterocycles. The molecule has 1 amide bonds. The molecule has 1 saturated heterocycles. The maximum Gasteiger partial charge on any atom is 0.309 e. The molecule has 2 rings (SSSR count). The number of carboxylic acids is 1. The molecule has 114 valence electrons. The van der Waals surface area contributed by atoms with Gasteiger partial charge in [0.05, 0.1) is 5.41 Å². The summed E-state index contributed by atoms with van der Waals surface area (Å²) >= 11 is 0. The van der Waals surface area contributed by atoms with Crippen LogP contribution in [0.2, 0.25) is 0 Å². The molecular weight excluding hydrogens is 272 g/mol. The highest BCUT2D eigenvalue weighted by atomic mass is 16.4. The molecule has 1 aliphatic heterocycles. The lowest BCUT2D eigenvalue weighted by Gasteiger charge is -2.36. The zero-order valence-electron chi connectivity index (χ0n) is 12.5. The molecule has 0 aliphatic carbocycles. The van der Waals surface area contributed by atoms with Gasteiger partial charge < -0.3 is 15.0 Å². The number of hydrogen-bond donors (Lipinski definition) is 2. The average Bonchev–Trinajstić information content (AvgIpc) is 2.38. The Kier molecular flexibility index (Phi) is 3.89. The van der Waals surface area contributed by atoms with E-state index >= 15 is 0 Å². The predicted octanol–water partition coefficient (Wildman–Crippen LogP) is 1.32. The highest BCUT2D eigenvalue weighted by Gasteiger charge is 2.38. The van der Waals surface area contributed by atoms with Crippen molar-refractivity contribution >= 4 is 11.9 Å². The molecule has 0 spiro atoms. The van der Waals surface area contributed by atoms with Gasteiger partial charge in [-0.15, -0.1) is 0 Å². The number of H-pyrrole nitrogens is 1. The SMILES string of the molecule is Cc1cc(C)c(C(=O)N2CCC(C)(C(=O)O)CC2)c(=O)[nH]1. The van der Waals surface area contributed by atoms with E-state index in [0.717, 1.165) is 0 Å². The fourth-order valence-electron chi connectivity index (χ4n) is 2.69. The first-order valence-electron chi connectivity index (χ1n) is 6.98. The quantitative estimate of drug-likeness (QED) is 0.860. The van der Waals surface area contributed by atoms with Crippen LogP contribution in [0, 0.1) is 19.3 Å². The van der Waals surface area contributed by atoms with Gasteiger partial charge in [-0.05, 0) is 45.2 Å². The molecule has 1 aromatic rings. The van der Waals surface area contributed by atoms with Crippen LogP contribution in [-0.4, -0.2) is 40.0 Å². The van der Waals surface area contributed by atoms with Crippen LogP contribution >= 0.6 is 0 Å². The zero-order chi connectivity index (χ0) is 15.8. The lowest BCUT2D eigenvalue weighted by Crippen LogP contribution is -2.46. The Balaban J connectivity index is 2.21. The van der Waals surface area contributed by atoms with Gasteiger partial charge in [0.25, 0.3) is 11.5 Å². The van der Waals surface area contributed by atoms with E-state index in [1.54, 1.807) is 31.7 Å². The monoisotopic (exact) mass is 292 g/mol. The van der Waals surface area contributed by atoms with Gasteiger partial charge in [0.1, 0.15) is 5.56 Å². The minimum atomic E-state index is -0.834. The number of amides is 1. The second-order valence-corrected chi connectivity index (χ2v) is 6.00. The summed E-state index contributed by atoms with van der Waals surface area (Å²) in [7, 11) is 0. The Labute approximate surface area is 122 Å². The van der Waals surface area contributed by atoms with Gasteiger partial charge >= 0.3 is 5.97 Å². The molecule has 0 aromatic carbocycles. The first kappa shape index (κ1) is 15.3. The highest BCUT2D eigenvalue weighted by molar-refractivity contribution is 5.95. The van der Waals surface area contributed by atoms with Crippen molar-refractivity contribution in [2.75, 3.05) is 13.1 Å². The highest BCUT2D eigenvalue weighted by Crippen LogP contribution is 2.31. The molecule has 6 heteroatoms. The first-order chi connectivity index (χ1) is 9.74. The molecule has 0 saturated carbocycles. The lowest BCUT2D eigenvalue weighted by molar-refractivity contribution is -0.150. The minimum absolute atomic E-state index is 0.152. The van der Waals surface area contributed by atoms with Gasteiger partial charge in [0, 0.05) is 18.8 Å². The van der Waals surface area contributed by atoms with E-state index in [-0.39, 0.29) is 17.0 Å². The number of piperidine rings is 1. The van der Waals surface area contributed by atoms with Crippen molar-refractivity contribution in [1.29, 1.82) is 0 Å². The van der Waals surface area contributed by atoms with Crippen LogP contribution in [-0.2, 0) is 4.79 Å². The van der Waals surface area contributed by atoms with Gasteiger partial charge in [-0.2, -0.15) is 0 Å². The molecule has 0 radical (unpaired) electrons. The molecular formula is C15H20N2O4. The van der Waals surface area contributed by atoms with Crippen molar-refractivity contribution in [2.24, 2.45) is 5.41 Å². The Morgan fingerprint density at radius 3 is 2.33 bits per heavy atom. The topological polar surface area (TPSA) is 90.5 Å². The summed E-state index contributed by atoms with van der Waals surface area (Å²) in [6, 6.07) is 1.76. The molecule has 6 nitrogen and oxygen atoms in total. The van der Waals surface area contributed by atoms with Crippen LogP contribution in [0.15, 0.2) is 10.9 Å². The molecule has 0 atom stereocenters. The average molecular weight is 292 g/mol. The Hall–Kier alpha value is -2.11. The van der Waals surface area contributed by atoms with Gasteiger partial charge in [-0.3, -0.25) is 14.4 Å². The smallest absolute Gasteiger partial charge is 0.309 e. The second kappa shape index (κ2) is 5.35. The summed E-state index contributed by atoms with van der Waals surface area (Å²) in [5.74, 6) is -1.15. The Bertz CT molecular complexity index is 640. The lowest BCUT2D eigenvalue weighted by atomic mass is 9.80. The normalized spacial score (nSPS) is 17.6. The number of aryl methyl sites for hydroxylation is 2. The summed E-state index contributed by atoms with van der Waals surface area (Å²) in [4.78, 5) is 39.9. The Morgan fingerprint density at radius 2 is 1.86 bits per heavy atom. The number of carbonyl (C=O) groups excluding carboxylic acids is 1. The molecule has 1 fully saturated rings. The number of nitrogens with zero attached hydrogens (tertiary/aromatic N) is 1. The van der Waals surface area contributed by atoms with Crippen molar-refractivity contribution in [3.8, 4) is 0 Å². The zero-order valence-corrected chi connectivity index (χ0v) is 12.5. The number of rotatable bonds is 2. The van der Waals surface area contributed by atoms with E-state index in [2.05, 4.69) is 4.98 Å². The van der Waals surface area contributed by atoms with Crippen molar-refractivity contribution in [3.05, 3.63) is 33.2 Å². The molecule has 1 aromatic heterocycles. The van der Waals surface area contributed by atoms with Crippen LogP contribution in [0.3, 0.4) is 0 Å². The third kappa shape index (κ3) is 2.84. The number of hydrogen-bond acceptors (Lipinski definition) is 3. The number of aliphatic carboxylic acids is 1. The number of nitrogens with one attached hydrogen (secondary N) is 1. The number of aromatic nitrogens is 1. The summed E-state index contributed by atoms with van der Waals surface area (Å²) in [6.07, 6.45) is 0.799. The molecule has 0 unspecified atom stereocenters. The van der Waals surface area contributed by atoms with E-state index in [1.807, 2.05) is 0 Å². The predicted molar refractivity (Wildman–Crippen MR) is 77.4 cm³/mol. The maximum absolute atomic E-state index is 12.5. The van der Waals surface area contributed by atoms with Crippen molar-refractivity contribution in [1.82, 2.24) is 9.88 Å². The summed E-state index contributed by atoms with van der Waals surface area (Å²) in [5, 5.41) is 9.20. The number of aromatic amines is 1. The first-order valence-corrected chi connectivity index (χ1v) is 6.98. The fourth-order valence-corrected chi connectivity index (χ4v) is 2.69. The van der Waals surface area contributed by atoms with Gasteiger partial charge in [-0.1, -0.05) is 0 Å². The standard InChI is InChI=1S/C15H20N2O4/c1-9-8-10(2)16-12(18)11(9)13(19)17-6-4-15(3,5-7-17)14(20)21/h8H,4-7H2,1-3H3,(H,16,18)(H,20,21). The van der Waals surface area contributed by atoms with Crippen molar-refractivity contribution < 1.29 is 14.7 Å². The van der Waals surface area contributed by atoms with E-state index in [1.165, 1.54) is 0 Å². The number of pyridine rings is 1. The minimum Gasteiger partial charge on any atom is -0.481 e. The van der Waals surface area contributed by atoms with Crippen molar-refractivity contribution in [3.63, 3.8) is 0 Å². The second-order valence-electron chi connectivity index (χ2n) is 6.00. The molecule has 0 bridgehead atoms. The van der Waals surface area contributed by atoms with Crippen LogP contribution in [0.25, 0.3) is 0 Å². The number of carboxylic acid groups (broad SMARTS) is 1. The largest absolute Gasteiger partial charge is 0.481 e. The summed E-state index contributed by atoms with van der Waals surface area (Å²) < 4.78 is 0. The van der Waals surface area contributed by atoms with Gasteiger partial charge in [0.15, 0.2) is 0 Å². The van der Waals surface area contributed by atoms with Crippen LogP contribution in [0.4, 0.5) is 0 Å². The maximum atomic E-state index is 12.5. The molecule has 21 heavy (non-hydrogen) atoms. The number of carbonyl (C=O) groups is 2. The van der Waals surface area contributed by atoms with E-state index < -0.39 is 11.4 Å². The third-order valence-corrected chi connectivity index (χ3v) is 4.25. The van der Waals surface area contributed by atoms with Gasteiger partial charge in [0.2, 0.25) is 0 Å². The van der Waals surface area contributed by atoms with E-state index in [4.69, 9.17) is 0 Å². The summed E-state index contributed by atoms with van der Waals surface area (Å²) in [5.41, 5.74) is 0.341. The van der Waals surface area contributed by atoms with Crippen LogP contribution < -0.4 is 5.56 Å². The molecule has 1 aliphatic rings. The molecule has 2 N–H and O–H groups in total. The third-order valence-electron chi connectivity index (χ3n) is 4.25. The number of likely N-dealkylation sites (tertiary alicyclic amines) is 1. The fraction of sp³-hybridized carbons (Fsp3) is 0.533. The Morgan fingerprint density at radius 1 is 1.29 bits per heavy atom. The van der Waals surface area contributed by atoms with Crippen LogP contribution in [0.5, 0.6) is 0 Å². The van der Waals surface area contributed by atoms with E-state index in [9.17, 15) is 19.5 Å². The summed E-state index contributed by atoms with van der Waals surface area (Å²) in [6.45, 7) is 5.91.